The average Bonchev–Trinajstić information content (AvgIpc) is 2.29. The molecule has 0 spiro atoms. The summed E-state index contributed by atoms with van der Waals surface area (Å²) in [5.74, 6) is 1.15. The van der Waals surface area contributed by atoms with Gasteiger partial charge in [-0.3, -0.25) is 0 Å². The molecule has 3 nitrogen and oxygen atoms in total. The van der Waals surface area contributed by atoms with E-state index in [-0.39, 0.29) is 0 Å². The molecule has 0 bridgehead atoms. The molecular formula is C13H13ClN2O. The number of benzene rings is 1. The van der Waals surface area contributed by atoms with Gasteiger partial charge in [0.1, 0.15) is 11.5 Å². The SMILES string of the molecule is COc1c(Cl)nc(C)nc1-c1ccc(C)cc1. The van der Waals surface area contributed by atoms with Crippen molar-refractivity contribution < 1.29 is 4.74 Å². The summed E-state index contributed by atoms with van der Waals surface area (Å²) in [4.78, 5) is 8.46. The Morgan fingerprint density at radius 3 is 2.29 bits per heavy atom. The van der Waals surface area contributed by atoms with Crippen LogP contribution in [0.2, 0.25) is 5.15 Å². The highest BCUT2D eigenvalue weighted by Gasteiger charge is 2.13. The van der Waals surface area contributed by atoms with E-state index in [1.807, 2.05) is 38.1 Å². The average molecular weight is 249 g/mol. The Bertz CT molecular complexity index is 538. The van der Waals surface area contributed by atoms with E-state index in [2.05, 4.69) is 9.97 Å². The van der Waals surface area contributed by atoms with Crippen molar-refractivity contribution in [2.75, 3.05) is 7.11 Å². The molecule has 0 saturated carbocycles. The third kappa shape index (κ3) is 2.39. The summed E-state index contributed by atoms with van der Waals surface area (Å²) in [6, 6.07) is 8.05. The third-order valence-electron chi connectivity index (χ3n) is 2.47. The summed E-state index contributed by atoms with van der Waals surface area (Å²) in [5.41, 5.74) is 2.90. The Kier molecular flexibility index (Phi) is 3.29. The van der Waals surface area contributed by atoms with Crippen LogP contribution < -0.4 is 4.74 Å². The molecule has 88 valence electrons. The van der Waals surface area contributed by atoms with E-state index in [4.69, 9.17) is 16.3 Å². The van der Waals surface area contributed by atoms with Crippen LogP contribution in [0.5, 0.6) is 5.75 Å². The fourth-order valence-corrected chi connectivity index (χ4v) is 1.91. The maximum atomic E-state index is 6.04. The van der Waals surface area contributed by atoms with Crippen LogP contribution >= 0.6 is 11.6 Å². The fourth-order valence-electron chi connectivity index (χ4n) is 1.62. The second-order valence-corrected chi connectivity index (χ2v) is 4.17. The summed E-state index contributed by atoms with van der Waals surface area (Å²) in [6.45, 7) is 3.85. The predicted octanol–water partition coefficient (Wildman–Crippen LogP) is 3.42. The van der Waals surface area contributed by atoms with Crippen LogP contribution in [-0.4, -0.2) is 17.1 Å². The molecule has 0 saturated heterocycles. The van der Waals surface area contributed by atoms with Gasteiger partial charge in [-0.05, 0) is 13.8 Å². The van der Waals surface area contributed by atoms with Crippen molar-refractivity contribution in [3.05, 3.63) is 40.8 Å². The van der Waals surface area contributed by atoms with Crippen LogP contribution in [0.1, 0.15) is 11.4 Å². The normalized spacial score (nSPS) is 10.4. The van der Waals surface area contributed by atoms with Gasteiger partial charge in [0.15, 0.2) is 10.9 Å². The van der Waals surface area contributed by atoms with Gasteiger partial charge in [-0.2, -0.15) is 0 Å². The van der Waals surface area contributed by atoms with Crippen molar-refractivity contribution in [3.8, 4) is 17.0 Å². The molecule has 0 fully saturated rings. The van der Waals surface area contributed by atoms with Gasteiger partial charge in [0.25, 0.3) is 0 Å². The summed E-state index contributed by atoms with van der Waals surface area (Å²) >= 11 is 6.04. The molecule has 2 aromatic rings. The van der Waals surface area contributed by atoms with Crippen LogP contribution in [0, 0.1) is 13.8 Å². The Labute approximate surface area is 105 Å². The number of aryl methyl sites for hydroxylation is 2. The van der Waals surface area contributed by atoms with Gasteiger partial charge in [-0.15, -0.1) is 0 Å². The van der Waals surface area contributed by atoms with E-state index in [0.29, 0.717) is 16.7 Å². The maximum Gasteiger partial charge on any atom is 0.182 e. The third-order valence-corrected chi connectivity index (χ3v) is 2.72. The minimum atomic E-state index is 0.343. The maximum absolute atomic E-state index is 6.04. The van der Waals surface area contributed by atoms with Crippen LogP contribution in [-0.2, 0) is 0 Å². The van der Waals surface area contributed by atoms with Gasteiger partial charge in [0, 0.05) is 5.56 Å². The number of hydrogen-bond donors (Lipinski definition) is 0. The van der Waals surface area contributed by atoms with E-state index in [1.165, 1.54) is 5.56 Å². The molecule has 0 aliphatic carbocycles. The quantitative estimate of drug-likeness (QED) is 0.764. The molecule has 0 atom stereocenters. The van der Waals surface area contributed by atoms with Gasteiger partial charge in [-0.1, -0.05) is 41.4 Å². The number of ether oxygens (including phenoxy) is 1. The number of aromatic nitrogens is 2. The van der Waals surface area contributed by atoms with Crippen molar-refractivity contribution in [1.82, 2.24) is 9.97 Å². The number of methoxy groups -OCH3 is 1. The predicted molar refractivity (Wildman–Crippen MR) is 68.5 cm³/mol. The molecule has 0 N–H and O–H groups in total. The van der Waals surface area contributed by atoms with Crippen molar-refractivity contribution in [2.45, 2.75) is 13.8 Å². The van der Waals surface area contributed by atoms with E-state index in [0.717, 1.165) is 11.3 Å². The molecule has 0 aliphatic rings. The highest BCUT2D eigenvalue weighted by Crippen LogP contribution is 2.33. The largest absolute Gasteiger partial charge is 0.491 e. The van der Waals surface area contributed by atoms with Gasteiger partial charge in [0.2, 0.25) is 0 Å². The number of nitrogens with zero attached hydrogens (tertiary/aromatic N) is 2. The smallest absolute Gasteiger partial charge is 0.182 e. The standard InChI is InChI=1S/C13H13ClN2O/c1-8-4-6-10(7-5-8)11-12(17-3)13(14)16-9(2)15-11/h4-7H,1-3H3. The topological polar surface area (TPSA) is 35.0 Å². The Balaban J connectivity index is 2.61. The minimum absolute atomic E-state index is 0.343. The van der Waals surface area contributed by atoms with E-state index in [1.54, 1.807) is 7.11 Å². The first-order chi connectivity index (χ1) is 8.11. The number of hydrogen-bond acceptors (Lipinski definition) is 3. The second kappa shape index (κ2) is 4.72. The lowest BCUT2D eigenvalue weighted by molar-refractivity contribution is 0.412. The summed E-state index contributed by atoms with van der Waals surface area (Å²) in [6.07, 6.45) is 0. The molecule has 2 rings (SSSR count). The zero-order valence-corrected chi connectivity index (χ0v) is 10.7. The Morgan fingerprint density at radius 2 is 1.71 bits per heavy atom. The first kappa shape index (κ1) is 11.9. The van der Waals surface area contributed by atoms with Gasteiger partial charge in [-0.25, -0.2) is 9.97 Å². The molecule has 1 heterocycles. The monoisotopic (exact) mass is 248 g/mol. The number of halogens is 1. The molecule has 1 aromatic carbocycles. The molecule has 0 unspecified atom stereocenters. The van der Waals surface area contributed by atoms with Crippen LogP contribution in [0.3, 0.4) is 0 Å². The zero-order chi connectivity index (χ0) is 12.4. The van der Waals surface area contributed by atoms with Crippen LogP contribution in [0.15, 0.2) is 24.3 Å². The Morgan fingerprint density at radius 1 is 1.06 bits per heavy atom. The fraction of sp³-hybridized carbons (Fsp3) is 0.231. The van der Waals surface area contributed by atoms with E-state index < -0.39 is 0 Å². The lowest BCUT2D eigenvalue weighted by Crippen LogP contribution is -1.98. The zero-order valence-electron chi connectivity index (χ0n) is 9.99. The van der Waals surface area contributed by atoms with Gasteiger partial charge >= 0.3 is 0 Å². The van der Waals surface area contributed by atoms with E-state index >= 15 is 0 Å². The second-order valence-electron chi connectivity index (χ2n) is 3.81. The Hall–Kier alpha value is -1.61. The van der Waals surface area contributed by atoms with Crippen molar-refractivity contribution >= 4 is 11.6 Å². The van der Waals surface area contributed by atoms with Crippen molar-refractivity contribution in [3.63, 3.8) is 0 Å². The molecule has 1 aromatic heterocycles. The van der Waals surface area contributed by atoms with Crippen LogP contribution in [0.4, 0.5) is 0 Å². The van der Waals surface area contributed by atoms with Crippen molar-refractivity contribution in [1.29, 1.82) is 0 Å². The number of rotatable bonds is 2. The molecule has 0 aliphatic heterocycles. The molecule has 4 heteroatoms. The molecule has 0 radical (unpaired) electrons. The van der Waals surface area contributed by atoms with Gasteiger partial charge in [0.05, 0.1) is 7.11 Å². The van der Waals surface area contributed by atoms with Crippen molar-refractivity contribution in [2.24, 2.45) is 0 Å². The first-order valence-corrected chi connectivity index (χ1v) is 5.65. The summed E-state index contributed by atoms with van der Waals surface area (Å²) < 4.78 is 5.26. The molecule has 0 amide bonds. The highest BCUT2D eigenvalue weighted by molar-refractivity contribution is 6.31. The van der Waals surface area contributed by atoms with Crippen LogP contribution in [0.25, 0.3) is 11.3 Å². The minimum Gasteiger partial charge on any atom is -0.491 e. The first-order valence-electron chi connectivity index (χ1n) is 5.27. The lowest BCUT2D eigenvalue weighted by Gasteiger charge is -2.10. The van der Waals surface area contributed by atoms with Gasteiger partial charge < -0.3 is 4.74 Å². The summed E-state index contributed by atoms with van der Waals surface area (Å²) in [7, 11) is 1.57. The highest BCUT2D eigenvalue weighted by atomic mass is 35.5. The molecular weight excluding hydrogens is 236 g/mol. The van der Waals surface area contributed by atoms with E-state index in [9.17, 15) is 0 Å². The molecule has 17 heavy (non-hydrogen) atoms. The lowest BCUT2D eigenvalue weighted by atomic mass is 10.1. The summed E-state index contributed by atoms with van der Waals surface area (Å²) in [5, 5.41) is 0.343.